The Morgan fingerprint density at radius 1 is 1.53 bits per heavy atom. The maximum Gasteiger partial charge on any atom is 0.0409 e. The second-order valence-corrected chi connectivity index (χ2v) is 3.58. The van der Waals surface area contributed by atoms with Crippen LogP contribution in [0.4, 0.5) is 0 Å². The van der Waals surface area contributed by atoms with Crippen LogP contribution in [0.3, 0.4) is 0 Å². The zero-order valence-electron chi connectivity index (χ0n) is 8.52. The number of hydrogen-bond donors (Lipinski definition) is 0. The first-order chi connectivity index (χ1) is 7.24. The Hall–Kier alpha value is -1.44. The number of aryl methyl sites for hydroxylation is 1. The highest BCUT2D eigenvalue weighted by atomic mass is 35.5. The third-order valence-electron chi connectivity index (χ3n) is 1.99. The fourth-order valence-corrected chi connectivity index (χ4v) is 1.44. The summed E-state index contributed by atoms with van der Waals surface area (Å²) >= 11 is 5.84. The van der Waals surface area contributed by atoms with Crippen molar-refractivity contribution in [3.63, 3.8) is 0 Å². The van der Waals surface area contributed by atoms with Crippen LogP contribution in [-0.4, -0.2) is 6.54 Å². The largest absolute Gasteiger partial charge is 0.0937 e. The van der Waals surface area contributed by atoms with Gasteiger partial charge in [0, 0.05) is 16.5 Å². The molecule has 0 aliphatic rings. The topological polar surface area (TPSA) is 48.8 Å². The van der Waals surface area contributed by atoms with E-state index in [-0.39, 0.29) is 0 Å². The van der Waals surface area contributed by atoms with Gasteiger partial charge in [-0.15, -0.1) is 0 Å². The van der Waals surface area contributed by atoms with Crippen LogP contribution in [-0.2, 0) is 0 Å². The van der Waals surface area contributed by atoms with Crippen molar-refractivity contribution in [2.24, 2.45) is 5.11 Å². The van der Waals surface area contributed by atoms with Gasteiger partial charge >= 0.3 is 0 Å². The van der Waals surface area contributed by atoms with Crippen LogP contribution >= 0.6 is 11.6 Å². The zero-order valence-corrected chi connectivity index (χ0v) is 9.28. The van der Waals surface area contributed by atoms with Crippen molar-refractivity contribution in [3.8, 4) is 0 Å². The number of rotatable bonds is 4. The lowest BCUT2D eigenvalue weighted by molar-refractivity contribution is 0.995. The quantitative estimate of drug-likeness (QED) is 0.314. The normalized spacial score (nSPS) is 10.3. The number of azide groups is 1. The third-order valence-corrected chi connectivity index (χ3v) is 2.22. The van der Waals surface area contributed by atoms with Crippen LogP contribution in [0.1, 0.15) is 17.5 Å². The minimum absolute atomic E-state index is 0.500. The third kappa shape index (κ3) is 4.07. The second kappa shape index (κ2) is 6.12. The van der Waals surface area contributed by atoms with Crippen molar-refractivity contribution in [3.05, 3.63) is 50.9 Å². The summed E-state index contributed by atoms with van der Waals surface area (Å²) in [6.07, 6.45) is 4.76. The van der Waals surface area contributed by atoms with Gasteiger partial charge in [0.1, 0.15) is 0 Å². The average Bonchev–Trinajstić information content (AvgIpc) is 2.20. The van der Waals surface area contributed by atoms with Gasteiger partial charge in [0.25, 0.3) is 0 Å². The van der Waals surface area contributed by atoms with Crippen molar-refractivity contribution in [1.29, 1.82) is 0 Å². The first-order valence-corrected chi connectivity index (χ1v) is 5.05. The molecule has 0 amide bonds. The van der Waals surface area contributed by atoms with E-state index in [0.29, 0.717) is 6.54 Å². The molecule has 0 heterocycles. The molecule has 0 N–H and O–H groups in total. The Balaban J connectivity index is 2.60. The van der Waals surface area contributed by atoms with Gasteiger partial charge in [-0.25, -0.2) is 0 Å². The van der Waals surface area contributed by atoms with Gasteiger partial charge in [0.15, 0.2) is 0 Å². The first-order valence-electron chi connectivity index (χ1n) is 4.67. The smallest absolute Gasteiger partial charge is 0.0409 e. The Bertz CT molecular complexity index is 406. The van der Waals surface area contributed by atoms with E-state index in [9.17, 15) is 0 Å². The lowest BCUT2D eigenvalue weighted by atomic mass is 10.1. The van der Waals surface area contributed by atoms with Gasteiger partial charge in [-0.3, -0.25) is 0 Å². The summed E-state index contributed by atoms with van der Waals surface area (Å²) in [6, 6.07) is 5.76. The highest BCUT2D eigenvalue weighted by molar-refractivity contribution is 6.30. The molecule has 0 fully saturated rings. The van der Waals surface area contributed by atoms with E-state index < -0.39 is 0 Å². The Morgan fingerprint density at radius 2 is 2.33 bits per heavy atom. The van der Waals surface area contributed by atoms with E-state index in [0.717, 1.165) is 22.6 Å². The van der Waals surface area contributed by atoms with Crippen molar-refractivity contribution < 1.29 is 0 Å². The number of nitrogens with zero attached hydrogens (tertiary/aromatic N) is 3. The summed E-state index contributed by atoms with van der Waals surface area (Å²) in [5.74, 6) is 0. The van der Waals surface area contributed by atoms with E-state index in [4.69, 9.17) is 17.1 Å². The summed E-state index contributed by atoms with van der Waals surface area (Å²) in [5, 5.41) is 4.20. The van der Waals surface area contributed by atoms with E-state index in [1.165, 1.54) is 0 Å². The molecule has 3 nitrogen and oxygen atoms in total. The fraction of sp³-hybridized carbons (Fsp3) is 0.273. The average molecular weight is 222 g/mol. The van der Waals surface area contributed by atoms with Gasteiger partial charge in [-0.2, -0.15) is 0 Å². The molecule has 1 rings (SSSR count). The predicted molar refractivity (Wildman–Crippen MR) is 63.9 cm³/mol. The highest BCUT2D eigenvalue weighted by Gasteiger charge is 1.94. The molecule has 1 aromatic rings. The van der Waals surface area contributed by atoms with E-state index in [1.54, 1.807) is 0 Å². The molecular formula is C11H12ClN3. The van der Waals surface area contributed by atoms with Crippen LogP contribution < -0.4 is 0 Å². The number of hydrogen-bond acceptors (Lipinski definition) is 1. The molecule has 0 saturated heterocycles. The monoisotopic (exact) mass is 221 g/mol. The van der Waals surface area contributed by atoms with Crippen LogP contribution in [0.15, 0.2) is 29.4 Å². The highest BCUT2D eigenvalue weighted by Crippen LogP contribution is 2.16. The van der Waals surface area contributed by atoms with Crippen LogP contribution in [0.2, 0.25) is 5.02 Å². The van der Waals surface area contributed by atoms with Crippen LogP contribution in [0, 0.1) is 6.92 Å². The van der Waals surface area contributed by atoms with Gasteiger partial charge < -0.3 is 0 Å². The van der Waals surface area contributed by atoms with Gasteiger partial charge in [0.05, 0.1) is 0 Å². The van der Waals surface area contributed by atoms with Crippen LogP contribution in [0.5, 0.6) is 0 Å². The molecule has 0 unspecified atom stereocenters. The SMILES string of the molecule is Cc1cc(Cl)ccc1C=CCCN=[N+]=[N-]. The minimum atomic E-state index is 0.500. The minimum Gasteiger partial charge on any atom is -0.0937 e. The van der Waals surface area contributed by atoms with E-state index >= 15 is 0 Å². The molecule has 0 aromatic heterocycles. The summed E-state index contributed by atoms with van der Waals surface area (Å²) in [6.45, 7) is 2.51. The molecule has 0 aliphatic heterocycles. The first kappa shape index (κ1) is 11.6. The summed E-state index contributed by atoms with van der Waals surface area (Å²) in [7, 11) is 0. The van der Waals surface area contributed by atoms with E-state index in [1.807, 2.05) is 37.3 Å². The molecule has 78 valence electrons. The van der Waals surface area contributed by atoms with Gasteiger partial charge in [-0.05, 0) is 42.1 Å². The Kier molecular flexibility index (Phi) is 4.75. The lowest BCUT2D eigenvalue weighted by Crippen LogP contribution is -1.80. The molecule has 1 aromatic carbocycles. The molecule has 15 heavy (non-hydrogen) atoms. The summed E-state index contributed by atoms with van der Waals surface area (Å²) in [5.41, 5.74) is 10.4. The standard InChI is InChI=1S/C11H12ClN3/c1-9-8-11(12)6-5-10(9)4-2-3-7-14-15-13/h2,4-6,8H,3,7H2,1H3. The van der Waals surface area contributed by atoms with Crippen LogP contribution in [0.25, 0.3) is 16.5 Å². The molecule has 4 heteroatoms. The van der Waals surface area contributed by atoms with Crippen molar-refractivity contribution in [1.82, 2.24) is 0 Å². The summed E-state index contributed by atoms with van der Waals surface area (Å²) < 4.78 is 0. The second-order valence-electron chi connectivity index (χ2n) is 3.15. The number of halogens is 1. The molecule has 0 spiro atoms. The molecule has 0 atom stereocenters. The van der Waals surface area contributed by atoms with Gasteiger partial charge in [-0.1, -0.05) is 34.9 Å². The summed E-state index contributed by atoms with van der Waals surface area (Å²) in [4.78, 5) is 2.68. The van der Waals surface area contributed by atoms with Crippen molar-refractivity contribution in [2.75, 3.05) is 6.54 Å². The predicted octanol–water partition coefficient (Wildman–Crippen LogP) is 4.36. The Labute approximate surface area is 94.0 Å². The van der Waals surface area contributed by atoms with Crippen molar-refractivity contribution in [2.45, 2.75) is 13.3 Å². The maximum atomic E-state index is 8.08. The zero-order chi connectivity index (χ0) is 11.1. The van der Waals surface area contributed by atoms with Gasteiger partial charge in [0.2, 0.25) is 0 Å². The fourth-order valence-electron chi connectivity index (χ4n) is 1.21. The Morgan fingerprint density at radius 3 is 3.00 bits per heavy atom. The van der Waals surface area contributed by atoms with Crippen molar-refractivity contribution >= 4 is 17.7 Å². The lowest BCUT2D eigenvalue weighted by Gasteiger charge is -1.99. The molecule has 0 radical (unpaired) electrons. The molecular weight excluding hydrogens is 210 g/mol. The molecule has 0 saturated carbocycles. The molecule has 0 aliphatic carbocycles. The maximum absolute atomic E-state index is 8.08. The van der Waals surface area contributed by atoms with E-state index in [2.05, 4.69) is 10.0 Å². The molecule has 0 bridgehead atoms. The number of benzene rings is 1.